The van der Waals surface area contributed by atoms with Crippen LogP contribution in [0.1, 0.15) is 35.2 Å². The zero-order valence-corrected chi connectivity index (χ0v) is 20.6. The third-order valence-corrected chi connectivity index (χ3v) is 6.37. The van der Waals surface area contributed by atoms with E-state index in [2.05, 4.69) is 4.98 Å². The number of ketones is 1. The Morgan fingerprint density at radius 3 is 2.21 bits per heavy atom. The highest BCUT2D eigenvalue weighted by Crippen LogP contribution is 2.26. The molecule has 2 aromatic carbocycles. The molecule has 0 atom stereocenters. The Balaban J connectivity index is 1.56. The highest BCUT2D eigenvalue weighted by atomic mass is 19.3. The molecule has 1 N–H and O–H groups in total. The van der Waals surface area contributed by atoms with Crippen molar-refractivity contribution in [3.05, 3.63) is 83.9 Å². The topological polar surface area (TPSA) is 82.6 Å². The minimum atomic E-state index is -3.25. The van der Waals surface area contributed by atoms with Crippen LogP contribution < -0.4 is 10.2 Å². The molecule has 1 saturated heterocycles. The summed E-state index contributed by atoms with van der Waals surface area (Å²) in [6.07, 6.45) is 2.98. The zero-order valence-electron chi connectivity index (χ0n) is 20.6. The number of likely N-dealkylation sites (tertiary alicyclic amines) is 1. The van der Waals surface area contributed by atoms with Crippen molar-refractivity contribution in [1.29, 1.82) is 0 Å². The van der Waals surface area contributed by atoms with Gasteiger partial charge in [0.2, 0.25) is 0 Å². The molecule has 0 spiro atoms. The van der Waals surface area contributed by atoms with Crippen LogP contribution in [0.5, 0.6) is 0 Å². The Hall–Kier alpha value is -4.21. The van der Waals surface area contributed by atoms with E-state index < -0.39 is 30.5 Å². The number of carbonyl (C=O) groups excluding carboxylic acids is 3. The van der Waals surface area contributed by atoms with E-state index in [1.165, 1.54) is 17.0 Å². The van der Waals surface area contributed by atoms with Crippen molar-refractivity contribution in [2.45, 2.75) is 32.2 Å². The van der Waals surface area contributed by atoms with Gasteiger partial charge in [-0.3, -0.25) is 19.5 Å². The van der Waals surface area contributed by atoms with Gasteiger partial charge in [-0.1, -0.05) is 24.3 Å². The van der Waals surface area contributed by atoms with Crippen LogP contribution >= 0.6 is 0 Å². The monoisotopic (exact) mass is 524 g/mol. The van der Waals surface area contributed by atoms with Gasteiger partial charge in [0.1, 0.15) is 5.82 Å². The van der Waals surface area contributed by atoms with E-state index in [0.29, 0.717) is 18.8 Å². The number of aromatic nitrogens is 1. The molecule has 1 aliphatic heterocycles. The summed E-state index contributed by atoms with van der Waals surface area (Å²) in [5, 5.41) is 1.81. The molecular weight excluding hydrogens is 497 g/mol. The van der Waals surface area contributed by atoms with E-state index in [0.717, 1.165) is 36.5 Å². The molecule has 0 aliphatic carbocycles. The van der Waals surface area contributed by atoms with Crippen LogP contribution in [0.3, 0.4) is 0 Å². The number of rotatable bonds is 8. The highest BCUT2D eigenvalue weighted by Gasteiger charge is 2.25. The number of Topliss-reactive ketones (excluding diaryl/α,β-unsaturated/α-hetero) is 1. The summed E-state index contributed by atoms with van der Waals surface area (Å²) in [7, 11) is 0. The van der Waals surface area contributed by atoms with Crippen LogP contribution in [0.4, 0.5) is 23.7 Å². The molecule has 1 fully saturated rings. The average molecular weight is 525 g/mol. The molecule has 0 bridgehead atoms. The largest absolute Gasteiger partial charge is 0.344 e. The predicted molar refractivity (Wildman–Crippen MR) is 136 cm³/mol. The summed E-state index contributed by atoms with van der Waals surface area (Å²) in [6.45, 7) is 0.479. The van der Waals surface area contributed by atoms with Gasteiger partial charge < -0.3 is 10.2 Å². The van der Waals surface area contributed by atoms with E-state index in [9.17, 15) is 23.2 Å². The normalized spacial score (nSPS) is 13.3. The fourth-order valence-electron chi connectivity index (χ4n) is 4.27. The second kappa shape index (κ2) is 12.4. The van der Waals surface area contributed by atoms with Gasteiger partial charge in [0, 0.05) is 42.3 Å². The van der Waals surface area contributed by atoms with E-state index in [4.69, 9.17) is 0 Å². The Morgan fingerprint density at radius 1 is 0.921 bits per heavy atom. The average Bonchev–Trinajstić information content (AvgIpc) is 2.95. The lowest BCUT2D eigenvalue weighted by Gasteiger charge is -2.33. The molecule has 1 aromatic heterocycles. The molecule has 2 heterocycles. The maximum absolute atomic E-state index is 15.1. The number of nitrogens with zero attached hydrogens (tertiary/aromatic N) is 3. The standard InChI is InChI=1S/C28H27F3N4O3/c29-24-16-21(25(36)17-33-27(37)26(30)31)4-5-22(24)18-35(28(38)34-14-2-1-3-15-34)23-8-6-19(7-9-23)20-10-12-32-13-11-20/h4-13,16,26H,1-3,14-15,17-18H2,(H,33,37). The van der Waals surface area contributed by atoms with E-state index in [-0.39, 0.29) is 23.7 Å². The number of hydrogen-bond donors (Lipinski definition) is 1. The van der Waals surface area contributed by atoms with E-state index in [1.54, 1.807) is 29.4 Å². The summed E-state index contributed by atoms with van der Waals surface area (Å²) >= 11 is 0. The summed E-state index contributed by atoms with van der Waals surface area (Å²) in [6, 6.07) is 14.6. The maximum Gasteiger partial charge on any atom is 0.324 e. The van der Waals surface area contributed by atoms with Gasteiger partial charge in [0.15, 0.2) is 5.78 Å². The molecule has 0 radical (unpaired) electrons. The van der Waals surface area contributed by atoms with Crippen LogP contribution in [-0.4, -0.2) is 53.7 Å². The van der Waals surface area contributed by atoms with Crippen molar-refractivity contribution in [2.75, 3.05) is 24.5 Å². The molecule has 38 heavy (non-hydrogen) atoms. The summed E-state index contributed by atoms with van der Waals surface area (Å²) in [5.74, 6) is -3.00. The van der Waals surface area contributed by atoms with Crippen molar-refractivity contribution in [1.82, 2.24) is 15.2 Å². The lowest BCUT2D eigenvalue weighted by Crippen LogP contribution is -2.45. The van der Waals surface area contributed by atoms with Crippen LogP contribution in [0.15, 0.2) is 67.0 Å². The predicted octanol–water partition coefficient (Wildman–Crippen LogP) is 5.06. The molecule has 3 aromatic rings. The zero-order chi connectivity index (χ0) is 27.1. The van der Waals surface area contributed by atoms with Crippen LogP contribution in [-0.2, 0) is 11.3 Å². The van der Waals surface area contributed by atoms with Gasteiger partial charge in [-0.05, 0) is 60.7 Å². The number of urea groups is 1. The first-order valence-electron chi connectivity index (χ1n) is 12.3. The second-order valence-corrected chi connectivity index (χ2v) is 8.95. The summed E-state index contributed by atoms with van der Waals surface area (Å²) < 4.78 is 39.8. The number of nitrogens with one attached hydrogen (secondary N) is 1. The van der Waals surface area contributed by atoms with Crippen molar-refractivity contribution in [2.24, 2.45) is 0 Å². The van der Waals surface area contributed by atoms with E-state index in [1.807, 2.05) is 29.6 Å². The fourth-order valence-corrected chi connectivity index (χ4v) is 4.27. The Labute approximate surface area is 218 Å². The number of alkyl halides is 2. The molecule has 3 amide bonds. The Bertz CT molecular complexity index is 1280. The summed E-state index contributed by atoms with van der Waals surface area (Å²) in [4.78, 5) is 44.1. The van der Waals surface area contributed by atoms with Crippen molar-refractivity contribution in [3.8, 4) is 11.1 Å². The first kappa shape index (κ1) is 26.8. The maximum atomic E-state index is 15.1. The molecule has 198 valence electrons. The molecule has 10 heteroatoms. The lowest BCUT2D eigenvalue weighted by molar-refractivity contribution is -0.131. The van der Waals surface area contributed by atoms with Gasteiger partial charge in [0.05, 0.1) is 13.1 Å². The third-order valence-electron chi connectivity index (χ3n) is 6.37. The van der Waals surface area contributed by atoms with Crippen LogP contribution in [0.2, 0.25) is 0 Å². The van der Waals surface area contributed by atoms with Gasteiger partial charge >= 0.3 is 12.5 Å². The number of pyridine rings is 1. The van der Waals surface area contributed by atoms with Crippen molar-refractivity contribution in [3.63, 3.8) is 0 Å². The SMILES string of the molecule is O=C(CNC(=O)C(F)F)c1ccc(CN(C(=O)N2CCCCC2)c2ccc(-c3ccncc3)cc2)c(F)c1. The Kier molecular flexibility index (Phi) is 8.73. The number of amides is 3. The molecule has 7 nitrogen and oxygen atoms in total. The number of carbonyl (C=O) groups is 3. The smallest absolute Gasteiger partial charge is 0.324 e. The number of halogens is 3. The lowest BCUT2D eigenvalue weighted by atomic mass is 10.1. The quantitative estimate of drug-likeness (QED) is 0.418. The van der Waals surface area contributed by atoms with Gasteiger partial charge in [-0.25, -0.2) is 9.18 Å². The summed E-state index contributed by atoms with van der Waals surface area (Å²) in [5.41, 5.74) is 2.61. The number of hydrogen-bond acceptors (Lipinski definition) is 4. The molecule has 0 unspecified atom stereocenters. The van der Waals surface area contributed by atoms with Crippen molar-refractivity contribution < 1.29 is 27.6 Å². The Morgan fingerprint density at radius 2 is 1.58 bits per heavy atom. The minimum Gasteiger partial charge on any atom is -0.344 e. The molecule has 4 rings (SSSR count). The first-order chi connectivity index (χ1) is 18.3. The van der Waals surface area contributed by atoms with E-state index >= 15 is 4.39 Å². The fraction of sp³-hybridized carbons (Fsp3) is 0.286. The first-order valence-corrected chi connectivity index (χ1v) is 12.3. The highest BCUT2D eigenvalue weighted by molar-refractivity contribution is 5.99. The number of piperidine rings is 1. The van der Waals surface area contributed by atoms with Crippen molar-refractivity contribution >= 4 is 23.4 Å². The van der Waals surface area contributed by atoms with Gasteiger partial charge in [0.25, 0.3) is 5.91 Å². The second-order valence-electron chi connectivity index (χ2n) is 8.95. The third kappa shape index (κ3) is 6.56. The molecule has 1 aliphatic rings. The van der Waals surface area contributed by atoms with Gasteiger partial charge in [-0.15, -0.1) is 0 Å². The molecular formula is C28H27F3N4O3. The van der Waals surface area contributed by atoms with Crippen LogP contribution in [0, 0.1) is 5.82 Å². The molecule has 0 saturated carbocycles. The minimum absolute atomic E-state index is 0.0728. The van der Waals surface area contributed by atoms with Gasteiger partial charge in [-0.2, -0.15) is 8.78 Å². The van der Waals surface area contributed by atoms with Crippen LogP contribution in [0.25, 0.3) is 11.1 Å². The number of anilines is 1. The number of benzene rings is 2.